The molecule has 4 heteroatoms. The fourth-order valence-corrected chi connectivity index (χ4v) is 3.92. The Morgan fingerprint density at radius 2 is 2.14 bits per heavy atom. The third kappa shape index (κ3) is 3.83. The summed E-state index contributed by atoms with van der Waals surface area (Å²) in [6, 6.07) is 10.8. The Bertz CT molecular complexity index is 566. The number of rotatable bonds is 5. The Morgan fingerprint density at radius 3 is 2.86 bits per heavy atom. The van der Waals surface area contributed by atoms with Gasteiger partial charge in [0.05, 0.1) is 6.54 Å². The highest BCUT2D eigenvalue weighted by Crippen LogP contribution is 2.24. The molecule has 1 saturated heterocycles. The SMILES string of the molecule is Cc1csc(CN(C)CC2CCN(c3ccccc3)C2)n1. The lowest BCUT2D eigenvalue weighted by atomic mass is 10.1. The first-order valence-electron chi connectivity index (χ1n) is 7.60. The highest BCUT2D eigenvalue weighted by Gasteiger charge is 2.23. The van der Waals surface area contributed by atoms with Crippen LogP contribution in [-0.4, -0.2) is 36.6 Å². The van der Waals surface area contributed by atoms with Crippen LogP contribution in [0.2, 0.25) is 0 Å². The van der Waals surface area contributed by atoms with Gasteiger partial charge in [0.25, 0.3) is 0 Å². The van der Waals surface area contributed by atoms with Gasteiger partial charge in [0.15, 0.2) is 0 Å². The van der Waals surface area contributed by atoms with Crippen LogP contribution in [-0.2, 0) is 6.54 Å². The Kier molecular flexibility index (Phi) is 4.56. The van der Waals surface area contributed by atoms with E-state index in [1.165, 1.54) is 30.2 Å². The average molecular weight is 301 g/mol. The van der Waals surface area contributed by atoms with E-state index in [4.69, 9.17) is 0 Å². The highest BCUT2D eigenvalue weighted by atomic mass is 32.1. The van der Waals surface area contributed by atoms with Crippen LogP contribution in [0.3, 0.4) is 0 Å². The molecule has 3 nitrogen and oxygen atoms in total. The van der Waals surface area contributed by atoms with Crippen LogP contribution in [0.15, 0.2) is 35.7 Å². The molecule has 1 atom stereocenters. The van der Waals surface area contributed by atoms with E-state index in [0.29, 0.717) is 0 Å². The molecular weight excluding hydrogens is 278 g/mol. The molecule has 112 valence electrons. The molecule has 0 radical (unpaired) electrons. The Hall–Kier alpha value is -1.39. The summed E-state index contributed by atoms with van der Waals surface area (Å²) in [6.45, 7) is 6.54. The smallest absolute Gasteiger partial charge is 0.107 e. The van der Waals surface area contributed by atoms with Gasteiger partial charge in [-0.05, 0) is 38.4 Å². The van der Waals surface area contributed by atoms with Gasteiger partial charge in [0.1, 0.15) is 5.01 Å². The van der Waals surface area contributed by atoms with Crippen LogP contribution in [0, 0.1) is 12.8 Å². The van der Waals surface area contributed by atoms with Gasteiger partial charge in [0, 0.05) is 36.4 Å². The van der Waals surface area contributed by atoms with Gasteiger partial charge >= 0.3 is 0 Å². The number of para-hydroxylation sites is 1. The number of aryl methyl sites for hydroxylation is 1. The molecule has 2 aromatic rings. The quantitative estimate of drug-likeness (QED) is 0.843. The second-order valence-electron chi connectivity index (χ2n) is 6.02. The third-order valence-corrected chi connectivity index (χ3v) is 5.00. The Balaban J connectivity index is 1.50. The van der Waals surface area contributed by atoms with E-state index < -0.39 is 0 Å². The zero-order chi connectivity index (χ0) is 14.7. The molecule has 1 fully saturated rings. The molecular formula is C17H23N3S. The lowest BCUT2D eigenvalue weighted by Crippen LogP contribution is -2.28. The van der Waals surface area contributed by atoms with Crippen molar-refractivity contribution in [2.45, 2.75) is 19.9 Å². The van der Waals surface area contributed by atoms with Gasteiger partial charge in [-0.15, -0.1) is 11.3 Å². The maximum Gasteiger partial charge on any atom is 0.107 e. The number of aromatic nitrogens is 1. The van der Waals surface area contributed by atoms with Gasteiger partial charge in [-0.1, -0.05) is 18.2 Å². The number of hydrogen-bond donors (Lipinski definition) is 0. The Labute approximate surface area is 131 Å². The van der Waals surface area contributed by atoms with Gasteiger partial charge in [-0.25, -0.2) is 4.98 Å². The summed E-state index contributed by atoms with van der Waals surface area (Å²) >= 11 is 1.77. The number of hydrogen-bond acceptors (Lipinski definition) is 4. The molecule has 1 unspecified atom stereocenters. The van der Waals surface area contributed by atoms with Crippen molar-refractivity contribution >= 4 is 17.0 Å². The fraction of sp³-hybridized carbons (Fsp3) is 0.471. The van der Waals surface area contributed by atoms with Crippen LogP contribution in [0.25, 0.3) is 0 Å². The normalized spacial score (nSPS) is 18.6. The zero-order valence-electron chi connectivity index (χ0n) is 12.8. The van der Waals surface area contributed by atoms with E-state index in [-0.39, 0.29) is 0 Å². The minimum atomic E-state index is 0.760. The minimum Gasteiger partial charge on any atom is -0.371 e. The Morgan fingerprint density at radius 1 is 1.33 bits per heavy atom. The van der Waals surface area contributed by atoms with Crippen LogP contribution in [0.4, 0.5) is 5.69 Å². The molecule has 0 saturated carbocycles. The standard InChI is InChI=1S/C17H23N3S/c1-14-13-21-17(18-14)12-19(2)10-15-8-9-20(11-15)16-6-4-3-5-7-16/h3-7,13,15H,8-12H2,1-2H3. The van der Waals surface area contributed by atoms with Crippen molar-refractivity contribution in [1.29, 1.82) is 0 Å². The second-order valence-corrected chi connectivity index (χ2v) is 6.96. The molecule has 0 amide bonds. The second kappa shape index (κ2) is 6.58. The van der Waals surface area contributed by atoms with Gasteiger partial charge in [0.2, 0.25) is 0 Å². The van der Waals surface area contributed by atoms with Crippen molar-refractivity contribution in [3.8, 4) is 0 Å². The number of nitrogens with zero attached hydrogens (tertiary/aromatic N) is 3. The van der Waals surface area contributed by atoms with E-state index in [9.17, 15) is 0 Å². The molecule has 1 aromatic carbocycles. The van der Waals surface area contributed by atoms with Crippen molar-refractivity contribution in [3.05, 3.63) is 46.4 Å². The first-order chi connectivity index (χ1) is 10.2. The summed E-state index contributed by atoms with van der Waals surface area (Å²) in [5.74, 6) is 0.760. The molecule has 2 heterocycles. The van der Waals surface area contributed by atoms with Gasteiger partial charge in [-0.3, -0.25) is 4.90 Å². The van der Waals surface area contributed by atoms with Crippen LogP contribution >= 0.6 is 11.3 Å². The summed E-state index contributed by atoms with van der Waals surface area (Å²) in [4.78, 5) is 9.47. The summed E-state index contributed by atoms with van der Waals surface area (Å²) < 4.78 is 0. The molecule has 1 aromatic heterocycles. The van der Waals surface area contributed by atoms with E-state index in [2.05, 4.69) is 64.5 Å². The van der Waals surface area contributed by atoms with Crippen molar-refractivity contribution in [2.24, 2.45) is 5.92 Å². The number of anilines is 1. The number of thiazole rings is 1. The van der Waals surface area contributed by atoms with Crippen molar-refractivity contribution < 1.29 is 0 Å². The summed E-state index contributed by atoms with van der Waals surface area (Å²) in [7, 11) is 2.21. The topological polar surface area (TPSA) is 19.4 Å². The van der Waals surface area contributed by atoms with Crippen LogP contribution in [0.1, 0.15) is 17.1 Å². The zero-order valence-corrected chi connectivity index (χ0v) is 13.6. The van der Waals surface area contributed by atoms with E-state index in [1.54, 1.807) is 11.3 Å². The number of benzene rings is 1. The third-order valence-electron chi connectivity index (χ3n) is 4.05. The minimum absolute atomic E-state index is 0.760. The largest absolute Gasteiger partial charge is 0.371 e. The molecule has 3 rings (SSSR count). The molecule has 0 spiro atoms. The van der Waals surface area contributed by atoms with E-state index in [0.717, 1.165) is 24.7 Å². The van der Waals surface area contributed by atoms with Crippen molar-refractivity contribution in [3.63, 3.8) is 0 Å². The predicted molar refractivity (Wildman–Crippen MR) is 89.9 cm³/mol. The lowest BCUT2D eigenvalue weighted by molar-refractivity contribution is 0.279. The first kappa shape index (κ1) is 14.5. The maximum absolute atomic E-state index is 4.55. The summed E-state index contributed by atoms with van der Waals surface area (Å²) in [6.07, 6.45) is 1.29. The lowest BCUT2D eigenvalue weighted by Gasteiger charge is -2.21. The predicted octanol–water partition coefficient (Wildman–Crippen LogP) is 3.41. The maximum atomic E-state index is 4.55. The molecule has 0 N–H and O–H groups in total. The summed E-state index contributed by atoms with van der Waals surface area (Å²) in [5, 5.41) is 3.36. The van der Waals surface area contributed by atoms with Gasteiger partial charge < -0.3 is 4.90 Å². The van der Waals surface area contributed by atoms with E-state index >= 15 is 0 Å². The fourth-order valence-electron chi connectivity index (χ4n) is 3.07. The van der Waals surface area contributed by atoms with Crippen LogP contribution < -0.4 is 4.90 Å². The molecule has 0 aliphatic carbocycles. The average Bonchev–Trinajstić information content (AvgIpc) is 3.09. The first-order valence-corrected chi connectivity index (χ1v) is 8.48. The molecule has 1 aliphatic heterocycles. The molecule has 0 bridgehead atoms. The van der Waals surface area contributed by atoms with E-state index in [1.807, 2.05) is 0 Å². The van der Waals surface area contributed by atoms with Crippen molar-refractivity contribution in [2.75, 3.05) is 31.6 Å². The van der Waals surface area contributed by atoms with Crippen LogP contribution in [0.5, 0.6) is 0 Å². The highest BCUT2D eigenvalue weighted by molar-refractivity contribution is 7.09. The summed E-state index contributed by atoms with van der Waals surface area (Å²) in [5.41, 5.74) is 2.50. The van der Waals surface area contributed by atoms with Crippen molar-refractivity contribution in [1.82, 2.24) is 9.88 Å². The molecule has 21 heavy (non-hydrogen) atoms. The van der Waals surface area contributed by atoms with Gasteiger partial charge in [-0.2, -0.15) is 0 Å². The monoisotopic (exact) mass is 301 g/mol. The molecule has 1 aliphatic rings.